The van der Waals surface area contributed by atoms with Gasteiger partial charge in [-0.05, 0) is 25.5 Å². The number of carboxylic acids is 1. The molecule has 6 heteroatoms. The van der Waals surface area contributed by atoms with Gasteiger partial charge in [0.1, 0.15) is 0 Å². The fourth-order valence-corrected chi connectivity index (χ4v) is 2.76. The predicted molar refractivity (Wildman–Crippen MR) is 79.9 cm³/mol. The number of likely N-dealkylation sites (tertiary alicyclic amines) is 1. The van der Waals surface area contributed by atoms with E-state index in [9.17, 15) is 9.59 Å². The average Bonchev–Trinajstić information content (AvgIpc) is 3.18. The van der Waals surface area contributed by atoms with Gasteiger partial charge < -0.3 is 14.6 Å². The highest BCUT2D eigenvalue weighted by Gasteiger charge is 2.32. The van der Waals surface area contributed by atoms with Gasteiger partial charge in [0.15, 0.2) is 0 Å². The van der Waals surface area contributed by atoms with E-state index in [-0.39, 0.29) is 12.5 Å². The molecular weight excluding hydrogens is 282 g/mol. The lowest BCUT2D eigenvalue weighted by Gasteiger charge is -2.19. The Morgan fingerprint density at radius 3 is 2.82 bits per heavy atom. The number of carboxylic acid groups (broad SMARTS) is 1. The molecule has 2 aromatic rings. The fourth-order valence-electron chi connectivity index (χ4n) is 2.76. The largest absolute Gasteiger partial charge is 0.481 e. The van der Waals surface area contributed by atoms with Crippen molar-refractivity contribution in [2.24, 2.45) is 5.92 Å². The van der Waals surface area contributed by atoms with Crippen LogP contribution in [-0.4, -0.2) is 44.5 Å². The van der Waals surface area contributed by atoms with E-state index < -0.39 is 11.9 Å². The molecule has 1 aliphatic heterocycles. The number of carbonyl (C=O) groups excluding carboxylic acids is 1. The predicted octanol–water partition coefficient (Wildman–Crippen LogP) is 1.73. The second-order valence-electron chi connectivity index (χ2n) is 5.57. The molecule has 1 aromatic carbocycles. The van der Waals surface area contributed by atoms with Gasteiger partial charge in [0, 0.05) is 25.5 Å². The van der Waals surface area contributed by atoms with Crippen LogP contribution < -0.4 is 0 Å². The van der Waals surface area contributed by atoms with Gasteiger partial charge in [0.25, 0.3) is 5.91 Å². The molecule has 1 fully saturated rings. The van der Waals surface area contributed by atoms with Crippen molar-refractivity contribution in [3.63, 3.8) is 0 Å². The van der Waals surface area contributed by atoms with E-state index in [1.165, 1.54) is 0 Å². The molecule has 2 heterocycles. The van der Waals surface area contributed by atoms with Crippen molar-refractivity contribution < 1.29 is 14.7 Å². The minimum absolute atomic E-state index is 0.129. The number of hydrogen-bond donors (Lipinski definition) is 1. The Labute approximate surface area is 128 Å². The Hall–Kier alpha value is -2.63. The summed E-state index contributed by atoms with van der Waals surface area (Å²) in [6, 6.07) is 5.66. The normalized spacial score (nSPS) is 17.7. The second-order valence-corrected chi connectivity index (χ2v) is 5.57. The topological polar surface area (TPSA) is 75.4 Å². The zero-order valence-corrected chi connectivity index (χ0v) is 12.3. The molecule has 114 valence electrons. The van der Waals surface area contributed by atoms with Crippen molar-refractivity contribution in [2.75, 3.05) is 13.1 Å². The highest BCUT2D eigenvalue weighted by atomic mass is 16.4. The number of amides is 1. The molecule has 6 nitrogen and oxygen atoms in total. The van der Waals surface area contributed by atoms with Crippen molar-refractivity contribution in [2.45, 2.75) is 13.3 Å². The monoisotopic (exact) mass is 299 g/mol. The molecule has 1 atom stereocenters. The van der Waals surface area contributed by atoms with Crippen LogP contribution in [0.1, 0.15) is 22.3 Å². The smallest absolute Gasteiger partial charge is 0.308 e. The fraction of sp³-hybridized carbons (Fsp3) is 0.312. The Bertz CT molecular complexity index is 709. The number of aryl methyl sites for hydroxylation is 1. The molecule has 1 N–H and O–H groups in total. The quantitative estimate of drug-likeness (QED) is 0.936. The Kier molecular flexibility index (Phi) is 3.66. The third kappa shape index (κ3) is 2.59. The van der Waals surface area contributed by atoms with Crippen LogP contribution in [0.15, 0.2) is 36.9 Å². The van der Waals surface area contributed by atoms with E-state index in [0.717, 1.165) is 11.3 Å². The van der Waals surface area contributed by atoms with Crippen molar-refractivity contribution >= 4 is 11.9 Å². The summed E-state index contributed by atoms with van der Waals surface area (Å²) in [5.74, 6) is -1.43. The molecule has 0 spiro atoms. The first-order valence-corrected chi connectivity index (χ1v) is 7.17. The third-order valence-corrected chi connectivity index (χ3v) is 3.99. The zero-order valence-electron chi connectivity index (χ0n) is 12.3. The SMILES string of the molecule is Cc1ccc(-n2ccnc2)c(C(=O)N2CC[C@H](C(=O)O)C2)c1. The van der Waals surface area contributed by atoms with Crippen LogP contribution in [0.2, 0.25) is 0 Å². The van der Waals surface area contributed by atoms with Gasteiger partial charge in [0.2, 0.25) is 0 Å². The van der Waals surface area contributed by atoms with Crippen LogP contribution in [0.25, 0.3) is 5.69 Å². The summed E-state index contributed by atoms with van der Waals surface area (Å²) in [5, 5.41) is 9.08. The number of benzene rings is 1. The maximum Gasteiger partial charge on any atom is 0.308 e. The minimum atomic E-state index is -0.839. The number of aliphatic carboxylic acids is 1. The van der Waals surface area contributed by atoms with Crippen molar-refractivity contribution in [1.82, 2.24) is 14.5 Å². The lowest BCUT2D eigenvalue weighted by Crippen LogP contribution is -2.30. The van der Waals surface area contributed by atoms with Crippen molar-refractivity contribution in [3.05, 3.63) is 48.0 Å². The first kappa shape index (κ1) is 14.3. The van der Waals surface area contributed by atoms with Crippen LogP contribution in [0.4, 0.5) is 0 Å². The van der Waals surface area contributed by atoms with Gasteiger partial charge in [-0.1, -0.05) is 11.6 Å². The molecule has 1 amide bonds. The summed E-state index contributed by atoms with van der Waals surface area (Å²) >= 11 is 0. The highest BCUT2D eigenvalue weighted by molar-refractivity contribution is 5.98. The maximum absolute atomic E-state index is 12.8. The van der Waals surface area contributed by atoms with E-state index in [2.05, 4.69) is 4.98 Å². The number of hydrogen-bond acceptors (Lipinski definition) is 3. The van der Waals surface area contributed by atoms with E-state index in [4.69, 9.17) is 5.11 Å². The number of rotatable bonds is 3. The van der Waals surface area contributed by atoms with E-state index in [1.54, 1.807) is 28.2 Å². The molecule has 1 saturated heterocycles. The summed E-state index contributed by atoms with van der Waals surface area (Å²) in [4.78, 5) is 29.5. The van der Waals surface area contributed by atoms with Gasteiger partial charge >= 0.3 is 5.97 Å². The number of aromatic nitrogens is 2. The molecule has 1 aromatic heterocycles. The van der Waals surface area contributed by atoms with Gasteiger partial charge in [0.05, 0.1) is 23.5 Å². The Morgan fingerprint density at radius 2 is 2.18 bits per heavy atom. The van der Waals surface area contributed by atoms with Gasteiger partial charge in [-0.15, -0.1) is 0 Å². The minimum Gasteiger partial charge on any atom is -0.481 e. The standard InChI is InChI=1S/C16H17N3O3/c1-11-2-3-14(19-7-5-17-10-19)13(8-11)15(20)18-6-4-12(9-18)16(21)22/h2-3,5,7-8,10,12H,4,6,9H2,1H3,(H,21,22)/t12-/m0/s1. The number of imidazole rings is 1. The summed E-state index contributed by atoms with van der Waals surface area (Å²) < 4.78 is 1.79. The van der Waals surface area contributed by atoms with E-state index in [1.807, 2.05) is 25.1 Å². The molecule has 0 bridgehead atoms. The Balaban J connectivity index is 1.93. The lowest BCUT2D eigenvalue weighted by molar-refractivity contribution is -0.141. The average molecular weight is 299 g/mol. The molecule has 0 radical (unpaired) electrons. The van der Waals surface area contributed by atoms with E-state index in [0.29, 0.717) is 18.5 Å². The van der Waals surface area contributed by atoms with Gasteiger partial charge in [-0.2, -0.15) is 0 Å². The summed E-state index contributed by atoms with van der Waals surface area (Å²) in [7, 11) is 0. The van der Waals surface area contributed by atoms with Gasteiger partial charge in [-0.3, -0.25) is 9.59 Å². The van der Waals surface area contributed by atoms with Gasteiger partial charge in [-0.25, -0.2) is 4.98 Å². The maximum atomic E-state index is 12.8. The number of carbonyl (C=O) groups is 2. The molecule has 22 heavy (non-hydrogen) atoms. The molecule has 0 saturated carbocycles. The van der Waals surface area contributed by atoms with Crippen LogP contribution in [0.3, 0.4) is 0 Å². The van der Waals surface area contributed by atoms with Crippen molar-refractivity contribution in [3.8, 4) is 5.69 Å². The van der Waals surface area contributed by atoms with Crippen LogP contribution >= 0.6 is 0 Å². The van der Waals surface area contributed by atoms with Crippen LogP contribution in [0.5, 0.6) is 0 Å². The molecule has 3 rings (SSSR count). The third-order valence-electron chi connectivity index (χ3n) is 3.99. The summed E-state index contributed by atoms with van der Waals surface area (Å²) in [6.45, 7) is 2.68. The molecule has 0 aliphatic carbocycles. The highest BCUT2D eigenvalue weighted by Crippen LogP contribution is 2.23. The summed E-state index contributed by atoms with van der Waals surface area (Å²) in [5.41, 5.74) is 2.32. The lowest BCUT2D eigenvalue weighted by atomic mass is 10.1. The van der Waals surface area contributed by atoms with Crippen LogP contribution in [-0.2, 0) is 4.79 Å². The molecule has 1 aliphatic rings. The molecule has 0 unspecified atom stereocenters. The first-order chi connectivity index (χ1) is 10.6. The van der Waals surface area contributed by atoms with E-state index >= 15 is 0 Å². The van der Waals surface area contributed by atoms with Crippen molar-refractivity contribution in [1.29, 1.82) is 0 Å². The zero-order chi connectivity index (χ0) is 15.7. The first-order valence-electron chi connectivity index (χ1n) is 7.17. The molecular formula is C16H17N3O3. The number of nitrogens with zero attached hydrogens (tertiary/aromatic N) is 3. The second kappa shape index (κ2) is 5.63. The van der Waals surface area contributed by atoms with Crippen LogP contribution in [0, 0.1) is 12.8 Å². The Morgan fingerprint density at radius 1 is 1.36 bits per heavy atom. The summed E-state index contributed by atoms with van der Waals surface area (Å²) in [6.07, 6.45) is 5.59.